The third-order valence-electron chi connectivity index (χ3n) is 5.86. The van der Waals surface area contributed by atoms with Crippen LogP contribution in [0.5, 0.6) is 0 Å². The smallest absolute Gasteiger partial charge is 0.320 e. The van der Waals surface area contributed by atoms with Crippen molar-refractivity contribution < 1.29 is 57.9 Å². The number of hydrogen-bond acceptors (Lipinski definition) is 2. The third-order valence-corrected chi connectivity index (χ3v) is 8.10. The zero-order valence-corrected chi connectivity index (χ0v) is 26.6. The largest absolute Gasteiger partial charge is 0.435 e. The number of carbonyl (C=O) groups excluding carboxylic acids is 2. The Kier molecular flexibility index (Phi) is 10.1. The summed E-state index contributed by atoms with van der Waals surface area (Å²) < 4.78 is 151. The van der Waals surface area contributed by atoms with E-state index in [0.717, 1.165) is 52.7 Å². The van der Waals surface area contributed by atoms with E-state index in [4.69, 9.17) is 0 Å². The molecule has 0 fully saturated rings. The highest BCUT2D eigenvalue weighted by Crippen LogP contribution is 2.54. The third kappa shape index (κ3) is 6.89. The van der Waals surface area contributed by atoms with Crippen LogP contribution in [0.15, 0.2) is 53.0 Å². The second kappa shape index (κ2) is 12.3. The molecule has 0 aromatic heterocycles. The number of nitrogens with zero attached hydrogens (tertiary/aromatic N) is 1. The molecule has 0 aliphatic rings. The van der Waals surface area contributed by atoms with E-state index in [-0.39, 0.29) is 11.6 Å². The minimum absolute atomic E-state index is 0.131. The summed E-state index contributed by atoms with van der Waals surface area (Å²) in [4.78, 5) is 26.7. The number of carbonyl (C=O) groups is 2. The van der Waals surface area contributed by atoms with Gasteiger partial charge >= 0.3 is 24.2 Å². The van der Waals surface area contributed by atoms with Crippen molar-refractivity contribution >= 4 is 84.3 Å². The highest BCUT2D eigenvalue weighted by atomic mass is 127. The molecule has 4 nitrogen and oxygen atoms in total. The van der Waals surface area contributed by atoms with Crippen LogP contribution in [0.1, 0.15) is 31.8 Å². The molecule has 3 aromatic carbocycles. The van der Waals surface area contributed by atoms with Crippen LogP contribution in [0.2, 0.25) is 0 Å². The Bertz CT molecular complexity index is 1580. The summed E-state index contributed by atoms with van der Waals surface area (Å²) in [5, 5.41) is 1.64. The van der Waals surface area contributed by atoms with E-state index in [9.17, 15) is 53.5 Å². The Morgan fingerprint density at radius 1 is 0.814 bits per heavy atom. The molecule has 232 valence electrons. The van der Waals surface area contributed by atoms with Crippen LogP contribution in [0, 0.1) is 13.0 Å². The van der Waals surface area contributed by atoms with Gasteiger partial charge in [-0.1, -0.05) is 22.0 Å². The fourth-order valence-electron chi connectivity index (χ4n) is 3.73. The molecule has 0 aliphatic heterocycles. The van der Waals surface area contributed by atoms with Crippen molar-refractivity contribution in [3.8, 4) is 0 Å². The van der Waals surface area contributed by atoms with Crippen LogP contribution in [0.25, 0.3) is 0 Å². The minimum atomic E-state index is -6.71. The molecule has 1 N–H and O–H groups in total. The molecular weight excluding hydrogens is 903 g/mol. The molecule has 0 atom stereocenters. The Morgan fingerprint density at radius 3 is 1.91 bits per heavy atom. The standard InChI is InChI=1S/C25H12BrF11I2N2O2/c1-41(21(43)12-6-5-11(26)9-15(12)38)17-4-2-3-13(18(17)27)20(42)40-19-14(23(29,30)31)7-10(8-16(19)39)22(28,24(32,33)34)25(35,36)37/h2-9H,1H3,(H,40,42). The van der Waals surface area contributed by atoms with Crippen LogP contribution >= 0.6 is 61.1 Å². The first-order valence-electron chi connectivity index (χ1n) is 11.1. The van der Waals surface area contributed by atoms with E-state index < -0.39 is 79.5 Å². The number of alkyl halides is 10. The van der Waals surface area contributed by atoms with Crippen molar-refractivity contribution in [2.24, 2.45) is 0 Å². The Hall–Kier alpha value is -2.23. The number of nitrogens with one attached hydrogen (secondary N) is 1. The van der Waals surface area contributed by atoms with Crippen molar-refractivity contribution in [1.29, 1.82) is 0 Å². The summed E-state index contributed by atoms with van der Waals surface area (Å²) in [6.07, 6.45) is -19.1. The molecule has 3 rings (SSSR count). The van der Waals surface area contributed by atoms with Crippen LogP contribution in [0.3, 0.4) is 0 Å². The summed E-state index contributed by atoms with van der Waals surface area (Å²) in [6, 6.07) is 6.62. The molecule has 0 unspecified atom stereocenters. The van der Waals surface area contributed by atoms with Crippen molar-refractivity contribution in [2.45, 2.75) is 24.2 Å². The summed E-state index contributed by atoms with van der Waals surface area (Å²) in [7, 11) is 1.15. The van der Waals surface area contributed by atoms with Gasteiger partial charge in [0, 0.05) is 24.2 Å². The molecule has 0 saturated heterocycles. The second-order valence-electron chi connectivity index (χ2n) is 8.61. The zero-order chi connectivity index (χ0) is 32.9. The van der Waals surface area contributed by atoms with E-state index in [2.05, 4.69) is 15.9 Å². The minimum Gasteiger partial charge on any atom is -0.320 e. The maximum absolute atomic E-state index is 15.4. The van der Waals surface area contributed by atoms with Gasteiger partial charge in [-0.05, 0) is 87.6 Å². The number of halogens is 14. The number of benzene rings is 3. The van der Waals surface area contributed by atoms with Gasteiger partial charge in [0.15, 0.2) is 5.82 Å². The zero-order valence-electron chi connectivity index (χ0n) is 20.7. The van der Waals surface area contributed by atoms with Crippen LogP contribution in [0.4, 0.5) is 59.7 Å². The van der Waals surface area contributed by atoms with Crippen LogP contribution < -0.4 is 10.2 Å². The molecule has 3 aromatic rings. The monoisotopic (exact) mass is 914 g/mol. The van der Waals surface area contributed by atoms with Gasteiger partial charge in [0.25, 0.3) is 11.8 Å². The highest BCUT2D eigenvalue weighted by molar-refractivity contribution is 14.1. The molecular formula is C25H12BrF11I2N2O2. The fraction of sp³-hybridized carbons (Fsp3) is 0.200. The summed E-state index contributed by atoms with van der Waals surface area (Å²) in [5.41, 5.74) is -13.5. The van der Waals surface area contributed by atoms with E-state index in [1.54, 1.807) is 11.4 Å². The molecule has 0 radical (unpaired) electrons. The number of anilines is 2. The first-order chi connectivity index (χ1) is 19.5. The van der Waals surface area contributed by atoms with Gasteiger partial charge in [0.1, 0.15) is 0 Å². The van der Waals surface area contributed by atoms with Crippen LogP contribution in [-0.2, 0) is 11.8 Å². The lowest BCUT2D eigenvalue weighted by Crippen LogP contribution is -2.50. The fourth-order valence-corrected chi connectivity index (χ4v) is 6.03. The maximum Gasteiger partial charge on any atom is 0.435 e. The topological polar surface area (TPSA) is 49.4 Å². The predicted molar refractivity (Wildman–Crippen MR) is 153 cm³/mol. The lowest BCUT2D eigenvalue weighted by Gasteiger charge is -2.31. The lowest BCUT2D eigenvalue weighted by molar-refractivity contribution is -0.348. The second-order valence-corrected chi connectivity index (χ2v) is 11.9. The highest BCUT2D eigenvalue weighted by Gasteiger charge is 2.73. The molecule has 43 heavy (non-hydrogen) atoms. The molecule has 18 heteroatoms. The van der Waals surface area contributed by atoms with Crippen molar-refractivity contribution in [3.05, 3.63) is 88.2 Å². The molecule has 0 spiro atoms. The number of amides is 2. The van der Waals surface area contributed by atoms with Gasteiger partial charge in [0.2, 0.25) is 0 Å². The first kappa shape index (κ1) is 35.3. The molecule has 0 bridgehead atoms. The average Bonchev–Trinajstić information content (AvgIpc) is 2.86. The van der Waals surface area contributed by atoms with Gasteiger partial charge in [-0.15, -0.1) is 0 Å². The summed E-state index contributed by atoms with van der Waals surface area (Å²) in [5.74, 6) is -3.73. The first-order valence-corrected chi connectivity index (χ1v) is 14.0. The van der Waals surface area contributed by atoms with Crippen molar-refractivity contribution in [1.82, 2.24) is 0 Å². The Morgan fingerprint density at radius 2 is 1.40 bits per heavy atom. The van der Waals surface area contributed by atoms with Gasteiger partial charge < -0.3 is 10.2 Å². The maximum atomic E-state index is 15.4. The van der Waals surface area contributed by atoms with Crippen molar-refractivity contribution in [2.75, 3.05) is 17.3 Å². The van der Waals surface area contributed by atoms with Gasteiger partial charge in [-0.3, -0.25) is 9.59 Å². The van der Waals surface area contributed by atoms with Gasteiger partial charge in [-0.25, -0.2) is 8.78 Å². The predicted octanol–water partition coefficient (Wildman–Crippen LogP) is 9.63. The average molecular weight is 915 g/mol. The lowest BCUT2D eigenvalue weighted by atomic mass is 9.92. The van der Waals surface area contributed by atoms with E-state index in [0.29, 0.717) is 8.04 Å². The summed E-state index contributed by atoms with van der Waals surface area (Å²) in [6.45, 7) is 0. The Labute approximate surface area is 270 Å². The number of rotatable bonds is 5. The van der Waals surface area contributed by atoms with E-state index in [1.807, 2.05) is 22.6 Å². The van der Waals surface area contributed by atoms with Gasteiger partial charge in [0.05, 0.1) is 28.1 Å². The van der Waals surface area contributed by atoms with Gasteiger partial charge in [-0.2, -0.15) is 39.5 Å². The quantitative estimate of drug-likeness (QED) is 0.205. The molecule has 0 aliphatic carbocycles. The van der Waals surface area contributed by atoms with Crippen LogP contribution in [-0.4, -0.2) is 31.2 Å². The summed E-state index contributed by atoms with van der Waals surface area (Å²) >= 11 is 5.95. The molecule has 2 amide bonds. The van der Waals surface area contributed by atoms with E-state index >= 15 is 4.39 Å². The number of hydrogen-bond donors (Lipinski definition) is 1. The molecule has 0 saturated carbocycles. The normalized spacial score (nSPS) is 12.7. The van der Waals surface area contributed by atoms with Crippen molar-refractivity contribution in [3.63, 3.8) is 0 Å². The Balaban J connectivity index is 2.08. The molecule has 0 heterocycles. The SMILES string of the molecule is CN(C(=O)c1ccc(Br)cc1I)c1cccc(C(=O)Nc2c(I)cc(C(F)(C(F)(F)F)C(F)(F)F)cc2C(F)(F)F)c1F. The van der Waals surface area contributed by atoms with E-state index in [1.165, 1.54) is 12.1 Å².